The summed E-state index contributed by atoms with van der Waals surface area (Å²) in [6.07, 6.45) is 4.99. The molecule has 1 saturated carbocycles. The standard InChI is InChI=1S/C16H17FN2O2/c1-19-8-7-18-15(19)6-9-21-16(20)14-10-13(14)11-2-4-12(17)5-3-11/h2-5,7-8,13-14H,6,9-10H2,1H3/t13-,14+/m0/s1. The van der Waals surface area contributed by atoms with Gasteiger partial charge in [0.2, 0.25) is 0 Å². The third-order valence-corrected chi connectivity index (χ3v) is 3.88. The lowest BCUT2D eigenvalue weighted by molar-refractivity contribution is -0.145. The number of rotatable bonds is 5. The first-order valence-electron chi connectivity index (χ1n) is 7.03. The van der Waals surface area contributed by atoms with Crippen molar-refractivity contribution in [2.24, 2.45) is 13.0 Å². The maximum atomic E-state index is 12.9. The first-order chi connectivity index (χ1) is 10.1. The van der Waals surface area contributed by atoms with Gasteiger partial charge in [0.25, 0.3) is 0 Å². The molecule has 1 fully saturated rings. The van der Waals surface area contributed by atoms with Crippen LogP contribution in [0.25, 0.3) is 0 Å². The fraction of sp³-hybridized carbons (Fsp3) is 0.375. The summed E-state index contributed by atoms with van der Waals surface area (Å²) in [5.74, 6) is 0.559. The Hall–Kier alpha value is -2.17. The Morgan fingerprint density at radius 3 is 2.86 bits per heavy atom. The highest BCUT2D eigenvalue weighted by Gasteiger charge is 2.45. The van der Waals surface area contributed by atoms with E-state index in [1.54, 1.807) is 18.3 Å². The van der Waals surface area contributed by atoms with E-state index >= 15 is 0 Å². The minimum atomic E-state index is -0.256. The predicted octanol–water partition coefficient (Wildman–Crippen LogP) is 2.45. The molecule has 1 aromatic heterocycles. The molecule has 4 nitrogen and oxygen atoms in total. The molecule has 5 heteroatoms. The van der Waals surface area contributed by atoms with Gasteiger partial charge in [0.05, 0.1) is 12.5 Å². The Balaban J connectivity index is 1.47. The highest BCUT2D eigenvalue weighted by Crippen LogP contribution is 2.48. The summed E-state index contributed by atoms with van der Waals surface area (Å²) in [4.78, 5) is 16.1. The number of imidazole rings is 1. The molecular weight excluding hydrogens is 271 g/mol. The summed E-state index contributed by atoms with van der Waals surface area (Å²) in [5.41, 5.74) is 1.00. The van der Waals surface area contributed by atoms with Gasteiger partial charge in [0.1, 0.15) is 11.6 Å². The average Bonchev–Trinajstić information content (AvgIpc) is 3.17. The Morgan fingerprint density at radius 2 is 2.19 bits per heavy atom. The third-order valence-electron chi connectivity index (χ3n) is 3.88. The zero-order valence-electron chi connectivity index (χ0n) is 11.8. The normalized spacial score (nSPS) is 20.3. The molecule has 1 heterocycles. The number of hydrogen-bond acceptors (Lipinski definition) is 3. The van der Waals surface area contributed by atoms with E-state index in [0.29, 0.717) is 13.0 Å². The second-order valence-corrected chi connectivity index (χ2v) is 5.37. The van der Waals surface area contributed by atoms with Crippen molar-refractivity contribution in [3.63, 3.8) is 0 Å². The van der Waals surface area contributed by atoms with Gasteiger partial charge in [0, 0.05) is 25.9 Å². The number of aryl methyl sites for hydroxylation is 1. The van der Waals surface area contributed by atoms with E-state index in [1.807, 2.05) is 17.8 Å². The highest BCUT2D eigenvalue weighted by atomic mass is 19.1. The number of carbonyl (C=O) groups excluding carboxylic acids is 1. The van der Waals surface area contributed by atoms with E-state index in [-0.39, 0.29) is 23.6 Å². The lowest BCUT2D eigenvalue weighted by Crippen LogP contribution is -2.12. The number of ether oxygens (including phenoxy) is 1. The monoisotopic (exact) mass is 288 g/mol. The largest absolute Gasteiger partial charge is 0.465 e. The highest BCUT2D eigenvalue weighted by molar-refractivity contribution is 5.77. The maximum Gasteiger partial charge on any atom is 0.309 e. The van der Waals surface area contributed by atoms with Crippen LogP contribution in [-0.4, -0.2) is 22.1 Å². The smallest absolute Gasteiger partial charge is 0.309 e. The summed E-state index contributed by atoms with van der Waals surface area (Å²) < 4.78 is 20.1. The van der Waals surface area contributed by atoms with E-state index in [0.717, 1.165) is 17.8 Å². The number of esters is 1. The minimum Gasteiger partial charge on any atom is -0.465 e. The summed E-state index contributed by atoms with van der Waals surface area (Å²) in [5, 5.41) is 0. The first kappa shape index (κ1) is 13.8. The van der Waals surface area contributed by atoms with Crippen molar-refractivity contribution in [1.82, 2.24) is 9.55 Å². The summed E-state index contributed by atoms with van der Waals surface area (Å²) >= 11 is 0. The Morgan fingerprint density at radius 1 is 1.43 bits per heavy atom. The van der Waals surface area contributed by atoms with Gasteiger partial charge in [-0.1, -0.05) is 12.1 Å². The molecular formula is C16H17FN2O2. The van der Waals surface area contributed by atoms with E-state index in [4.69, 9.17) is 4.74 Å². The average molecular weight is 288 g/mol. The molecule has 110 valence electrons. The molecule has 2 atom stereocenters. The number of aromatic nitrogens is 2. The Kier molecular flexibility index (Phi) is 3.73. The molecule has 1 aliphatic rings. The third kappa shape index (κ3) is 3.12. The van der Waals surface area contributed by atoms with Crippen LogP contribution in [0.4, 0.5) is 4.39 Å². The van der Waals surface area contributed by atoms with Crippen molar-refractivity contribution >= 4 is 5.97 Å². The van der Waals surface area contributed by atoms with Crippen LogP contribution in [0.1, 0.15) is 23.7 Å². The van der Waals surface area contributed by atoms with Gasteiger partial charge in [0.15, 0.2) is 0 Å². The van der Waals surface area contributed by atoms with Crippen LogP contribution >= 0.6 is 0 Å². The number of halogens is 1. The van der Waals surface area contributed by atoms with Crippen LogP contribution < -0.4 is 0 Å². The lowest BCUT2D eigenvalue weighted by Gasteiger charge is -2.05. The van der Waals surface area contributed by atoms with Crippen LogP contribution in [0.3, 0.4) is 0 Å². The number of carbonyl (C=O) groups is 1. The van der Waals surface area contributed by atoms with E-state index in [9.17, 15) is 9.18 Å². The number of hydrogen-bond donors (Lipinski definition) is 0. The first-order valence-corrected chi connectivity index (χ1v) is 7.03. The molecule has 1 aromatic carbocycles. The zero-order valence-corrected chi connectivity index (χ0v) is 11.8. The summed E-state index contributed by atoms with van der Waals surface area (Å²) in [6, 6.07) is 6.33. The Labute approximate surface area is 122 Å². The SMILES string of the molecule is Cn1ccnc1CCOC(=O)[C@@H]1C[C@H]1c1ccc(F)cc1. The van der Waals surface area contributed by atoms with Crippen molar-refractivity contribution in [3.8, 4) is 0 Å². The van der Waals surface area contributed by atoms with Gasteiger partial charge in [-0.15, -0.1) is 0 Å². The zero-order chi connectivity index (χ0) is 14.8. The molecule has 3 rings (SSSR count). The van der Waals surface area contributed by atoms with Crippen molar-refractivity contribution < 1.29 is 13.9 Å². The summed E-state index contributed by atoms with van der Waals surface area (Å²) in [6.45, 7) is 0.344. The Bertz CT molecular complexity index is 636. The van der Waals surface area contributed by atoms with Crippen LogP contribution in [0.2, 0.25) is 0 Å². The van der Waals surface area contributed by atoms with Gasteiger partial charge in [-0.2, -0.15) is 0 Å². The quantitative estimate of drug-likeness (QED) is 0.794. The molecule has 1 aliphatic carbocycles. The fourth-order valence-corrected chi connectivity index (χ4v) is 2.52. The van der Waals surface area contributed by atoms with Crippen LogP contribution in [0.15, 0.2) is 36.7 Å². The molecule has 0 unspecified atom stereocenters. The number of nitrogens with zero attached hydrogens (tertiary/aromatic N) is 2. The van der Waals surface area contributed by atoms with Crippen molar-refractivity contribution in [2.45, 2.75) is 18.8 Å². The predicted molar refractivity (Wildman–Crippen MR) is 75.1 cm³/mol. The molecule has 21 heavy (non-hydrogen) atoms. The lowest BCUT2D eigenvalue weighted by atomic mass is 10.1. The molecule has 0 aliphatic heterocycles. The van der Waals surface area contributed by atoms with Crippen LogP contribution in [-0.2, 0) is 23.0 Å². The molecule has 0 bridgehead atoms. The van der Waals surface area contributed by atoms with Gasteiger partial charge < -0.3 is 9.30 Å². The fourth-order valence-electron chi connectivity index (χ4n) is 2.52. The van der Waals surface area contributed by atoms with E-state index in [1.165, 1.54) is 12.1 Å². The topological polar surface area (TPSA) is 44.1 Å². The van der Waals surface area contributed by atoms with Gasteiger partial charge in [-0.25, -0.2) is 9.37 Å². The molecule has 0 radical (unpaired) electrons. The molecule has 0 saturated heterocycles. The van der Waals surface area contributed by atoms with Crippen molar-refractivity contribution in [1.29, 1.82) is 0 Å². The maximum absolute atomic E-state index is 12.9. The van der Waals surface area contributed by atoms with Crippen molar-refractivity contribution in [3.05, 3.63) is 53.9 Å². The second kappa shape index (κ2) is 5.68. The second-order valence-electron chi connectivity index (χ2n) is 5.37. The molecule has 0 amide bonds. The van der Waals surface area contributed by atoms with E-state index < -0.39 is 0 Å². The summed E-state index contributed by atoms with van der Waals surface area (Å²) in [7, 11) is 1.91. The molecule has 0 spiro atoms. The van der Waals surface area contributed by atoms with Gasteiger partial charge in [-0.3, -0.25) is 4.79 Å². The molecule has 2 aromatic rings. The van der Waals surface area contributed by atoms with Gasteiger partial charge in [-0.05, 0) is 30.0 Å². The van der Waals surface area contributed by atoms with E-state index in [2.05, 4.69) is 4.98 Å². The minimum absolute atomic E-state index is 0.0863. The van der Waals surface area contributed by atoms with Crippen LogP contribution in [0.5, 0.6) is 0 Å². The molecule has 0 N–H and O–H groups in total. The van der Waals surface area contributed by atoms with Crippen molar-refractivity contribution in [2.75, 3.05) is 6.61 Å². The van der Waals surface area contributed by atoms with Crippen LogP contribution in [0, 0.1) is 11.7 Å². The number of benzene rings is 1. The van der Waals surface area contributed by atoms with Gasteiger partial charge >= 0.3 is 5.97 Å².